The molecule has 10 nitrogen and oxygen atoms in total. The van der Waals surface area contributed by atoms with Crippen molar-refractivity contribution in [2.75, 3.05) is 27.0 Å². The zero-order chi connectivity index (χ0) is 38.7. The van der Waals surface area contributed by atoms with E-state index in [2.05, 4.69) is 78.4 Å². The van der Waals surface area contributed by atoms with E-state index in [-0.39, 0.29) is 34.5 Å². The van der Waals surface area contributed by atoms with Crippen molar-refractivity contribution in [2.24, 2.45) is 0 Å². The van der Waals surface area contributed by atoms with Gasteiger partial charge in [0, 0.05) is 33.6 Å². The van der Waals surface area contributed by atoms with Crippen LogP contribution in [0.15, 0.2) is 48.5 Å². The number of benzene rings is 2. The van der Waals surface area contributed by atoms with E-state index < -0.39 is 36.0 Å². The molecule has 0 saturated heterocycles. The summed E-state index contributed by atoms with van der Waals surface area (Å²) < 4.78 is 34.4. The molecule has 0 fully saturated rings. The van der Waals surface area contributed by atoms with Crippen LogP contribution in [0.2, 0.25) is 36.3 Å². The molecule has 0 bridgehead atoms. The van der Waals surface area contributed by atoms with E-state index in [9.17, 15) is 18.9 Å². The molecule has 50 heavy (non-hydrogen) atoms. The Morgan fingerprint density at radius 3 is 1.40 bits per heavy atom. The summed E-state index contributed by atoms with van der Waals surface area (Å²) in [7, 11) is -5.00. The summed E-state index contributed by atoms with van der Waals surface area (Å²) in [4.78, 5) is 34.4. The van der Waals surface area contributed by atoms with E-state index in [1.54, 1.807) is 13.3 Å². The zero-order valence-electron chi connectivity index (χ0n) is 33.1. The predicted molar refractivity (Wildman–Crippen MR) is 209 cm³/mol. The number of hydrogen-bond donors (Lipinski definition) is 2. The number of methoxy groups -OCH3 is 1. The number of carbonyl (C=O) groups is 3. The molecule has 2 aromatic rings. The van der Waals surface area contributed by atoms with Crippen LogP contribution in [-0.4, -0.2) is 73.5 Å². The topological polar surface area (TPSA) is 129 Å². The monoisotopic (exact) mass is 750 g/mol. The van der Waals surface area contributed by atoms with Crippen molar-refractivity contribution < 1.29 is 37.1 Å². The van der Waals surface area contributed by atoms with Gasteiger partial charge >= 0.3 is 5.97 Å². The summed E-state index contributed by atoms with van der Waals surface area (Å²) in [5.74, 6) is 0.868. The van der Waals surface area contributed by atoms with Crippen LogP contribution in [0.25, 0.3) is 0 Å². The van der Waals surface area contributed by atoms with Crippen LogP contribution in [0.3, 0.4) is 0 Å². The summed E-state index contributed by atoms with van der Waals surface area (Å²) in [6.45, 7) is 28.3. The molecule has 2 atom stereocenters. The van der Waals surface area contributed by atoms with Crippen molar-refractivity contribution in [2.45, 2.75) is 117 Å². The van der Waals surface area contributed by atoms with Gasteiger partial charge in [-0.15, -0.1) is 0 Å². The van der Waals surface area contributed by atoms with Crippen molar-refractivity contribution >= 4 is 41.8 Å². The third kappa shape index (κ3) is 16.4. The summed E-state index contributed by atoms with van der Waals surface area (Å²) in [6.07, 6.45) is 0.993. The lowest BCUT2D eigenvalue weighted by atomic mass is 10.1. The fraction of sp³-hybridized carbons (Fsp3) is 0.595. The molecule has 0 aromatic heterocycles. The van der Waals surface area contributed by atoms with Crippen molar-refractivity contribution in [3.63, 3.8) is 0 Å². The number of ether oxygens (including phenoxy) is 1. The lowest BCUT2D eigenvalue weighted by Gasteiger charge is -2.36. The minimum Gasteiger partial charge on any atom is -0.544 e. The maximum Gasteiger partial charge on any atom is 0.328 e. The van der Waals surface area contributed by atoms with E-state index in [1.165, 1.54) is 21.0 Å². The van der Waals surface area contributed by atoms with E-state index in [4.69, 9.17) is 18.1 Å². The van der Waals surface area contributed by atoms with E-state index >= 15 is 0 Å². The van der Waals surface area contributed by atoms with Gasteiger partial charge in [-0.05, 0) is 78.1 Å². The molecular formula is C37H63N2O8PSi2. The third-order valence-corrected chi connectivity index (χ3v) is 18.5. The molecule has 0 saturated carbocycles. The highest BCUT2D eigenvalue weighted by molar-refractivity contribution is 7.57. The van der Waals surface area contributed by atoms with E-state index in [0.717, 1.165) is 22.6 Å². The van der Waals surface area contributed by atoms with Crippen LogP contribution >= 0.6 is 7.37 Å². The summed E-state index contributed by atoms with van der Waals surface area (Å²) in [5, 5.41) is 5.76. The number of carbonyl (C=O) groups excluding carboxylic acids is 3. The van der Waals surface area contributed by atoms with Crippen LogP contribution < -0.4 is 19.5 Å². The Morgan fingerprint density at radius 2 is 1.08 bits per heavy atom. The highest BCUT2D eigenvalue weighted by atomic mass is 31.2. The number of nitrogens with one attached hydrogen (secondary N) is 2. The first-order valence-corrected chi connectivity index (χ1v) is 25.4. The standard InChI is InChI=1S/C19H34NO4PSi.C18H29NO4Si/c1-15(21)20-17(14-23-25(5,6)22)13-16-9-11-18(12-10-16)24-26(7,8)19(2,3)4;1-13(20)19-16(17(21)22-5)12-14-8-10-15(11-9-14)23-24(6,7)18(2,3)4/h9-12,17H,13-14H2,1-8H3,(H,20,21);8-11,16H,12H2,1-7H3,(H,19,20)/t17-;16-/m11/s1. The molecule has 0 unspecified atom stereocenters. The summed E-state index contributed by atoms with van der Waals surface area (Å²) >= 11 is 0. The van der Waals surface area contributed by atoms with Gasteiger partial charge in [-0.3, -0.25) is 14.2 Å². The first-order valence-electron chi connectivity index (χ1n) is 17.0. The fourth-order valence-electron chi connectivity index (χ4n) is 4.09. The second kappa shape index (κ2) is 18.5. The molecule has 0 radical (unpaired) electrons. The molecule has 282 valence electrons. The Balaban J connectivity index is 0.000000502. The Morgan fingerprint density at radius 1 is 0.700 bits per heavy atom. The molecule has 0 aliphatic rings. The van der Waals surface area contributed by atoms with Gasteiger partial charge < -0.3 is 28.7 Å². The second-order valence-electron chi connectivity index (χ2n) is 16.1. The molecule has 0 aliphatic carbocycles. The normalized spacial score (nSPS) is 13.6. The van der Waals surface area contributed by atoms with Gasteiger partial charge in [-0.25, -0.2) is 4.79 Å². The molecule has 2 N–H and O–H groups in total. The third-order valence-electron chi connectivity index (χ3n) is 8.98. The van der Waals surface area contributed by atoms with Gasteiger partial charge in [0.2, 0.25) is 28.4 Å². The average Bonchev–Trinajstić information content (AvgIpc) is 2.95. The Kier molecular flexibility index (Phi) is 16.7. The number of esters is 1. The molecule has 2 rings (SSSR count). The van der Waals surface area contributed by atoms with Crippen molar-refractivity contribution in [1.82, 2.24) is 10.6 Å². The second-order valence-corrected chi connectivity index (χ2v) is 28.4. The number of amides is 2. The van der Waals surface area contributed by atoms with Crippen molar-refractivity contribution in [1.29, 1.82) is 0 Å². The Bertz CT molecular complexity index is 1440. The van der Waals surface area contributed by atoms with Gasteiger partial charge in [-0.2, -0.15) is 0 Å². The van der Waals surface area contributed by atoms with Crippen LogP contribution in [-0.2, 0) is 41.1 Å². The molecule has 0 aliphatic heterocycles. The van der Waals surface area contributed by atoms with E-state index in [1.807, 2.05) is 48.5 Å². The van der Waals surface area contributed by atoms with Crippen LogP contribution in [0.4, 0.5) is 0 Å². The minimum atomic E-state index is -2.58. The number of hydrogen-bond acceptors (Lipinski definition) is 8. The smallest absolute Gasteiger partial charge is 0.328 e. The maximum absolute atomic E-state index is 11.8. The number of rotatable bonds is 14. The first-order chi connectivity index (χ1) is 22.7. The maximum atomic E-state index is 11.8. The van der Waals surface area contributed by atoms with Crippen molar-refractivity contribution in [3.8, 4) is 11.5 Å². The summed E-state index contributed by atoms with van der Waals surface area (Å²) in [5.41, 5.74) is 2.00. The summed E-state index contributed by atoms with van der Waals surface area (Å²) in [6, 6.07) is 14.7. The Hall–Kier alpha value is -2.93. The molecule has 0 spiro atoms. The van der Waals surface area contributed by atoms with Crippen LogP contribution in [0.1, 0.15) is 66.5 Å². The molecule has 13 heteroatoms. The lowest BCUT2D eigenvalue weighted by Crippen LogP contribution is -2.43. The largest absolute Gasteiger partial charge is 0.544 e. The zero-order valence-corrected chi connectivity index (χ0v) is 36.0. The van der Waals surface area contributed by atoms with Gasteiger partial charge in [0.1, 0.15) is 17.5 Å². The highest BCUT2D eigenvalue weighted by Gasteiger charge is 2.39. The Labute approximate surface area is 303 Å². The van der Waals surface area contributed by atoms with Crippen LogP contribution in [0.5, 0.6) is 11.5 Å². The minimum absolute atomic E-state index is 0.126. The van der Waals surface area contributed by atoms with Crippen molar-refractivity contribution in [3.05, 3.63) is 59.7 Å². The lowest BCUT2D eigenvalue weighted by molar-refractivity contribution is -0.144. The average molecular weight is 751 g/mol. The molecule has 0 heterocycles. The van der Waals surface area contributed by atoms with Gasteiger partial charge in [0.25, 0.3) is 0 Å². The fourth-order valence-corrected chi connectivity index (χ4v) is 6.69. The van der Waals surface area contributed by atoms with E-state index in [0.29, 0.717) is 12.8 Å². The molecular weight excluding hydrogens is 688 g/mol. The van der Waals surface area contributed by atoms with Crippen LogP contribution in [0, 0.1) is 0 Å². The van der Waals surface area contributed by atoms with Gasteiger partial charge in [0.15, 0.2) is 7.37 Å². The highest BCUT2D eigenvalue weighted by Crippen LogP contribution is 2.39. The molecule has 2 aromatic carbocycles. The quantitative estimate of drug-likeness (QED) is 0.113. The SMILES string of the molecule is CC(=O)N[C@@H](COP(C)(C)=O)Cc1ccc(O[Si](C)(C)C(C)(C)C)cc1.COC(=O)[C@@H](Cc1ccc(O[Si](C)(C)C(C)(C)C)cc1)NC(C)=O. The molecule has 2 amide bonds. The van der Waals surface area contributed by atoms with Gasteiger partial charge in [0.05, 0.1) is 19.8 Å². The van der Waals surface area contributed by atoms with Gasteiger partial charge in [-0.1, -0.05) is 65.8 Å². The first kappa shape index (κ1) is 45.1. The predicted octanol–water partition coefficient (Wildman–Crippen LogP) is 7.96.